The molecule has 0 bridgehead atoms. The molecule has 1 N–H and O–H groups in total. The van der Waals surface area contributed by atoms with Crippen molar-refractivity contribution in [3.05, 3.63) is 34.9 Å². The largest absolute Gasteiger partial charge is 0.478 e. The molecule has 0 aliphatic heterocycles. The summed E-state index contributed by atoms with van der Waals surface area (Å²) in [5, 5.41) is 9.82. The van der Waals surface area contributed by atoms with Crippen molar-refractivity contribution in [2.45, 2.75) is 0 Å². The van der Waals surface area contributed by atoms with Gasteiger partial charge in [0.1, 0.15) is 6.61 Å². The predicted molar refractivity (Wildman–Crippen MR) is 71.1 cm³/mol. The Balaban J connectivity index is 2.39. The Morgan fingerprint density at radius 1 is 1.32 bits per heavy atom. The van der Waals surface area contributed by atoms with E-state index in [-0.39, 0.29) is 10.6 Å². The van der Waals surface area contributed by atoms with Crippen LogP contribution in [-0.2, 0) is 4.74 Å². The highest BCUT2D eigenvalue weighted by atomic mass is 35.5. The maximum Gasteiger partial charge on any atom is 0.337 e. The summed E-state index contributed by atoms with van der Waals surface area (Å²) in [4.78, 5) is 15.4. The first-order chi connectivity index (χ1) is 9.13. The van der Waals surface area contributed by atoms with Crippen molar-refractivity contribution in [1.82, 2.24) is 4.98 Å². The Labute approximate surface area is 114 Å². The summed E-state index contributed by atoms with van der Waals surface area (Å²) in [6.45, 7) is 0.842. The van der Waals surface area contributed by atoms with Gasteiger partial charge in [0.25, 0.3) is 0 Å². The van der Waals surface area contributed by atoms with Gasteiger partial charge >= 0.3 is 5.97 Å². The lowest BCUT2D eigenvalue weighted by molar-refractivity contribution is 0.0699. The first-order valence-corrected chi connectivity index (χ1v) is 5.95. The molecule has 0 radical (unpaired) electrons. The highest BCUT2D eigenvalue weighted by Gasteiger charge is 2.14. The molecule has 0 amide bonds. The first kappa shape index (κ1) is 13.6. The molecule has 100 valence electrons. The lowest BCUT2D eigenvalue weighted by Gasteiger charge is -2.08. The van der Waals surface area contributed by atoms with Gasteiger partial charge in [0.15, 0.2) is 0 Å². The summed E-state index contributed by atoms with van der Waals surface area (Å²) >= 11 is 5.88. The standard InChI is InChI=1S/C13H12ClNO4/c1-18-6-7-19-11-5-2-8-10(15-11)4-3-9(14)12(8)13(16)17/h2-5H,6-7H2,1H3,(H,16,17). The van der Waals surface area contributed by atoms with Gasteiger partial charge < -0.3 is 14.6 Å². The van der Waals surface area contributed by atoms with Crippen LogP contribution in [0.3, 0.4) is 0 Å². The Hall–Kier alpha value is -1.85. The van der Waals surface area contributed by atoms with Crippen LogP contribution in [0.25, 0.3) is 10.9 Å². The summed E-state index contributed by atoms with van der Waals surface area (Å²) in [5.41, 5.74) is 0.576. The molecule has 2 rings (SSSR count). The van der Waals surface area contributed by atoms with E-state index in [9.17, 15) is 4.79 Å². The third-order valence-electron chi connectivity index (χ3n) is 2.55. The zero-order chi connectivity index (χ0) is 13.8. The van der Waals surface area contributed by atoms with Gasteiger partial charge in [-0.1, -0.05) is 11.6 Å². The van der Waals surface area contributed by atoms with E-state index in [0.717, 1.165) is 0 Å². The number of hydrogen-bond donors (Lipinski definition) is 1. The number of carboxylic acid groups (broad SMARTS) is 1. The van der Waals surface area contributed by atoms with Crippen LogP contribution < -0.4 is 4.74 Å². The Morgan fingerprint density at radius 2 is 2.11 bits per heavy atom. The third kappa shape index (κ3) is 2.94. The number of aromatic nitrogens is 1. The zero-order valence-corrected chi connectivity index (χ0v) is 11.0. The minimum Gasteiger partial charge on any atom is -0.478 e. The van der Waals surface area contributed by atoms with Crippen molar-refractivity contribution >= 4 is 28.5 Å². The Bertz CT molecular complexity index is 615. The molecule has 1 aromatic carbocycles. The maximum atomic E-state index is 11.2. The smallest absolute Gasteiger partial charge is 0.337 e. The van der Waals surface area contributed by atoms with E-state index in [2.05, 4.69) is 4.98 Å². The number of hydrogen-bond acceptors (Lipinski definition) is 4. The number of fused-ring (bicyclic) bond motifs is 1. The van der Waals surface area contributed by atoms with Gasteiger partial charge in [0.05, 0.1) is 22.7 Å². The quantitative estimate of drug-likeness (QED) is 0.853. The van der Waals surface area contributed by atoms with Crippen LogP contribution in [0, 0.1) is 0 Å². The van der Waals surface area contributed by atoms with Gasteiger partial charge in [-0.25, -0.2) is 9.78 Å². The molecule has 0 aliphatic rings. The number of carboxylic acids is 1. The summed E-state index contributed by atoms with van der Waals surface area (Å²) in [6.07, 6.45) is 0. The third-order valence-corrected chi connectivity index (χ3v) is 2.86. The van der Waals surface area contributed by atoms with Crippen molar-refractivity contribution in [3.8, 4) is 5.88 Å². The number of halogens is 1. The normalized spacial score (nSPS) is 10.6. The van der Waals surface area contributed by atoms with Crippen LogP contribution >= 0.6 is 11.6 Å². The summed E-state index contributed by atoms with van der Waals surface area (Å²) < 4.78 is 10.2. The molecule has 6 heteroatoms. The highest BCUT2D eigenvalue weighted by Crippen LogP contribution is 2.26. The van der Waals surface area contributed by atoms with Crippen molar-refractivity contribution < 1.29 is 19.4 Å². The fraction of sp³-hybridized carbons (Fsp3) is 0.231. The van der Waals surface area contributed by atoms with E-state index in [0.29, 0.717) is 30.0 Å². The number of methoxy groups -OCH3 is 1. The molecule has 0 saturated heterocycles. The molecule has 2 aromatic rings. The van der Waals surface area contributed by atoms with E-state index < -0.39 is 5.97 Å². The average molecular weight is 282 g/mol. The van der Waals surface area contributed by atoms with Gasteiger partial charge in [0, 0.05) is 18.6 Å². The summed E-state index contributed by atoms with van der Waals surface area (Å²) in [6, 6.07) is 6.42. The van der Waals surface area contributed by atoms with Crippen LogP contribution in [0.5, 0.6) is 5.88 Å². The SMILES string of the molecule is COCCOc1ccc2c(C(=O)O)c(Cl)ccc2n1. The Morgan fingerprint density at radius 3 is 2.79 bits per heavy atom. The molecule has 0 fully saturated rings. The lowest BCUT2D eigenvalue weighted by Crippen LogP contribution is -2.06. The molecular weight excluding hydrogens is 270 g/mol. The van der Waals surface area contributed by atoms with Crippen molar-refractivity contribution in [3.63, 3.8) is 0 Å². The van der Waals surface area contributed by atoms with E-state index in [1.165, 1.54) is 6.07 Å². The van der Waals surface area contributed by atoms with Gasteiger partial charge in [-0.05, 0) is 18.2 Å². The van der Waals surface area contributed by atoms with Gasteiger partial charge in [-0.3, -0.25) is 0 Å². The number of aromatic carboxylic acids is 1. The van der Waals surface area contributed by atoms with E-state index in [4.69, 9.17) is 26.2 Å². The molecule has 0 saturated carbocycles. The molecular formula is C13H12ClNO4. The lowest BCUT2D eigenvalue weighted by atomic mass is 10.1. The first-order valence-electron chi connectivity index (χ1n) is 5.58. The van der Waals surface area contributed by atoms with Crippen molar-refractivity contribution in [2.75, 3.05) is 20.3 Å². The number of carbonyl (C=O) groups is 1. The number of rotatable bonds is 5. The second-order valence-electron chi connectivity index (χ2n) is 3.78. The van der Waals surface area contributed by atoms with Crippen LogP contribution in [-0.4, -0.2) is 36.4 Å². The molecule has 19 heavy (non-hydrogen) atoms. The zero-order valence-electron chi connectivity index (χ0n) is 10.2. The molecule has 5 nitrogen and oxygen atoms in total. The molecule has 0 aliphatic carbocycles. The van der Waals surface area contributed by atoms with Crippen LogP contribution in [0.4, 0.5) is 0 Å². The second kappa shape index (κ2) is 5.86. The molecule has 0 spiro atoms. The van der Waals surface area contributed by atoms with Crippen LogP contribution in [0.2, 0.25) is 5.02 Å². The number of ether oxygens (including phenoxy) is 2. The van der Waals surface area contributed by atoms with Gasteiger partial charge in [-0.15, -0.1) is 0 Å². The summed E-state index contributed by atoms with van der Waals surface area (Å²) in [7, 11) is 1.58. The van der Waals surface area contributed by atoms with Crippen molar-refractivity contribution in [1.29, 1.82) is 0 Å². The number of pyridine rings is 1. The van der Waals surface area contributed by atoms with Gasteiger partial charge in [0.2, 0.25) is 5.88 Å². The molecule has 1 aromatic heterocycles. The monoisotopic (exact) mass is 281 g/mol. The van der Waals surface area contributed by atoms with Gasteiger partial charge in [-0.2, -0.15) is 0 Å². The molecule has 0 unspecified atom stereocenters. The number of benzene rings is 1. The minimum atomic E-state index is -1.08. The molecule has 1 heterocycles. The fourth-order valence-corrected chi connectivity index (χ4v) is 1.93. The van der Waals surface area contributed by atoms with Crippen LogP contribution in [0.15, 0.2) is 24.3 Å². The minimum absolute atomic E-state index is 0.0510. The van der Waals surface area contributed by atoms with E-state index in [1.807, 2.05) is 0 Å². The molecule has 0 atom stereocenters. The average Bonchev–Trinajstić information content (AvgIpc) is 2.38. The summed E-state index contributed by atoms with van der Waals surface area (Å²) in [5.74, 6) is -0.659. The Kier molecular flexibility index (Phi) is 4.19. The van der Waals surface area contributed by atoms with E-state index >= 15 is 0 Å². The predicted octanol–water partition coefficient (Wildman–Crippen LogP) is 2.61. The second-order valence-corrected chi connectivity index (χ2v) is 4.19. The topological polar surface area (TPSA) is 68.7 Å². The van der Waals surface area contributed by atoms with Crippen molar-refractivity contribution in [2.24, 2.45) is 0 Å². The van der Waals surface area contributed by atoms with E-state index in [1.54, 1.807) is 25.3 Å². The highest BCUT2D eigenvalue weighted by molar-refractivity contribution is 6.35. The van der Waals surface area contributed by atoms with Crippen LogP contribution in [0.1, 0.15) is 10.4 Å². The number of nitrogens with zero attached hydrogens (tertiary/aromatic N) is 1. The fourth-order valence-electron chi connectivity index (χ4n) is 1.69. The maximum absolute atomic E-state index is 11.2.